The van der Waals surface area contributed by atoms with E-state index in [9.17, 15) is 4.79 Å². The number of aryl methyl sites for hydroxylation is 2. The molecule has 0 bridgehead atoms. The summed E-state index contributed by atoms with van der Waals surface area (Å²) >= 11 is 0. The highest BCUT2D eigenvalue weighted by atomic mass is 16.5. The Kier molecular flexibility index (Phi) is 4.76. The van der Waals surface area contributed by atoms with E-state index in [0.29, 0.717) is 6.42 Å². The van der Waals surface area contributed by atoms with Crippen molar-refractivity contribution in [3.8, 4) is 5.75 Å². The molecule has 0 spiro atoms. The summed E-state index contributed by atoms with van der Waals surface area (Å²) in [6.45, 7) is 3.86. The molecule has 0 aromatic heterocycles. The monoisotopic (exact) mass is 283 g/mol. The molecule has 3 nitrogen and oxygen atoms in total. The lowest BCUT2D eigenvalue weighted by atomic mass is 9.95. The van der Waals surface area contributed by atoms with Gasteiger partial charge in [-0.1, -0.05) is 30.3 Å². The summed E-state index contributed by atoms with van der Waals surface area (Å²) in [6.07, 6.45) is 0.302. The van der Waals surface area contributed by atoms with Crippen molar-refractivity contribution in [1.29, 1.82) is 0 Å². The number of hydrogen-bond acceptors (Lipinski definition) is 3. The van der Waals surface area contributed by atoms with Crippen LogP contribution < -0.4 is 10.5 Å². The summed E-state index contributed by atoms with van der Waals surface area (Å²) in [7, 11) is 1.63. The van der Waals surface area contributed by atoms with Gasteiger partial charge in [0.1, 0.15) is 5.75 Å². The minimum absolute atomic E-state index is 0.0645. The van der Waals surface area contributed by atoms with Crippen LogP contribution in [-0.2, 0) is 0 Å². The summed E-state index contributed by atoms with van der Waals surface area (Å²) in [4.78, 5) is 12.5. The Balaban J connectivity index is 2.19. The standard InChI is InChI=1S/C18H21NO2/c1-12-10-18(21-3)13(2)9-15(12)17(20)11-16(19)14-7-5-4-6-8-14/h4-10,16H,11,19H2,1-3H3. The third-order valence-electron chi connectivity index (χ3n) is 3.68. The minimum Gasteiger partial charge on any atom is -0.496 e. The minimum atomic E-state index is -0.277. The second-order valence-corrected chi connectivity index (χ2v) is 5.28. The Hall–Kier alpha value is -2.13. The van der Waals surface area contributed by atoms with Gasteiger partial charge in [0.25, 0.3) is 0 Å². The second kappa shape index (κ2) is 6.55. The van der Waals surface area contributed by atoms with Crippen LogP contribution in [-0.4, -0.2) is 12.9 Å². The van der Waals surface area contributed by atoms with Gasteiger partial charge in [-0.15, -0.1) is 0 Å². The number of carbonyl (C=O) groups is 1. The SMILES string of the molecule is COc1cc(C)c(C(=O)CC(N)c2ccccc2)cc1C. The molecule has 1 unspecified atom stereocenters. The number of ether oxygens (including phenoxy) is 1. The predicted octanol–water partition coefficient (Wildman–Crippen LogP) is 3.58. The number of ketones is 1. The van der Waals surface area contributed by atoms with E-state index in [2.05, 4.69) is 0 Å². The fourth-order valence-electron chi connectivity index (χ4n) is 2.44. The molecule has 2 N–H and O–H groups in total. The number of Topliss-reactive ketones (excluding diaryl/α,β-unsaturated/α-hetero) is 1. The highest BCUT2D eigenvalue weighted by molar-refractivity contribution is 5.98. The van der Waals surface area contributed by atoms with E-state index in [1.165, 1.54) is 0 Å². The first-order valence-electron chi connectivity index (χ1n) is 7.02. The number of nitrogens with two attached hydrogens (primary N) is 1. The van der Waals surface area contributed by atoms with Crippen molar-refractivity contribution in [3.63, 3.8) is 0 Å². The molecule has 110 valence electrons. The van der Waals surface area contributed by atoms with E-state index < -0.39 is 0 Å². The number of methoxy groups -OCH3 is 1. The van der Waals surface area contributed by atoms with Gasteiger partial charge in [0.05, 0.1) is 7.11 Å². The normalized spacial score (nSPS) is 12.0. The van der Waals surface area contributed by atoms with Gasteiger partial charge in [-0.25, -0.2) is 0 Å². The third kappa shape index (κ3) is 3.50. The van der Waals surface area contributed by atoms with Gasteiger partial charge in [-0.05, 0) is 42.7 Å². The second-order valence-electron chi connectivity index (χ2n) is 5.28. The van der Waals surface area contributed by atoms with Gasteiger partial charge in [0, 0.05) is 18.0 Å². The summed E-state index contributed by atoms with van der Waals surface area (Å²) in [5.41, 5.74) is 9.71. The number of benzene rings is 2. The largest absolute Gasteiger partial charge is 0.496 e. The zero-order valence-electron chi connectivity index (χ0n) is 12.7. The number of hydrogen-bond donors (Lipinski definition) is 1. The van der Waals surface area contributed by atoms with Crippen LogP contribution in [0.5, 0.6) is 5.75 Å². The molecular weight excluding hydrogens is 262 g/mol. The Morgan fingerprint density at radius 1 is 1.14 bits per heavy atom. The maximum absolute atomic E-state index is 12.5. The van der Waals surface area contributed by atoms with E-state index in [-0.39, 0.29) is 11.8 Å². The van der Waals surface area contributed by atoms with Crippen molar-refractivity contribution in [2.45, 2.75) is 26.3 Å². The van der Waals surface area contributed by atoms with Crippen molar-refractivity contribution in [2.75, 3.05) is 7.11 Å². The summed E-state index contributed by atoms with van der Waals surface area (Å²) in [5, 5.41) is 0. The summed E-state index contributed by atoms with van der Waals surface area (Å²) in [6, 6.07) is 13.2. The van der Waals surface area contributed by atoms with Gasteiger partial charge >= 0.3 is 0 Å². The van der Waals surface area contributed by atoms with Crippen LogP contribution in [0.2, 0.25) is 0 Å². The van der Waals surface area contributed by atoms with Gasteiger partial charge in [0.15, 0.2) is 5.78 Å². The molecule has 2 aromatic carbocycles. The maximum atomic E-state index is 12.5. The lowest BCUT2D eigenvalue weighted by Crippen LogP contribution is -2.16. The molecule has 0 radical (unpaired) electrons. The van der Waals surface area contributed by atoms with Crippen LogP contribution in [0.3, 0.4) is 0 Å². The summed E-state index contributed by atoms with van der Waals surface area (Å²) < 4.78 is 5.27. The smallest absolute Gasteiger partial charge is 0.165 e. The molecular formula is C18H21NO2. The van der Waals surface area contributed by atoms with Crippen LogP contribution in [0.25, 0.3) is 0 Å². The van der Waals surface area contributed by atoms with Gasteiger partial charge in [-0.3, -0.25) is 4.79 Å². The zero-order valence-corrected chi connectivity index (χ0v) is 12.7. The van der Waals surface area contributed by atoms with E-state index in [1.807, 2.05) is 56.3 Å². The van der Waals surface area contributed by atoms with Crippen molar-refractivity contribution >= 4 is 5.78 Å². The van der Waals surface area contributed by atoms with Crippen LogP contribution >= 0.6 is 0 Å². The van der Waals surface area contributed by atoms with Gasteiger partial charge < -0.3 is 10.5 Å². The number of carbonyl (C=O) groups excluding carboxylic acids is 1. The molecule has 1 atom stereocenters. The molecule has 0 saturated heterocycles. The first-order chi connectivity index (χ1) is 10.0. The lowest BCUT2D eigenvalue weighted by molar-refractivity contribution is 0.0973. The molecule has 0 saturated carbocycles. The van der Waals surface area contributed by atoms with Crippen LogP contribution in [0.15, 0.2) is 42.5 Å². The highest BCUT2D eigenvalue weighted by Crippen LogP contribution is 2.25. The van der Waals surface area contributed by atoms with Gasteiger partial charge in [0.2, 0.25) is 0 Å². The van der Waals surface area contributed by atoms with Crippen molar-refractivity contribution < 1.29 is 9.53 Å². The molecule has 0 aliphatic carbocycles. The Morgan fingerprint density at radius 2 is 1.81 bits per heavy atom. The summed E-state index contributed by atoms with van der Waals surface area (Å²) in [5.74, 6) is 0.867. The Labute approximate surface area is 125 Å². The quantitative estimate of drug-likeness (QED) is 0.853. The molecule has 2 aromatic rings. The topological polar surface area (TPSA) is 52.3 Å². The first-order valence-corrected chi connectivity index (χ1v) is 7.02. The van der Waals surface area contributed by atoms with E-state index in [1.54, 1.807) is 7.11 Å². The van der Waals surface area contributed by atoms with Crippen molar-refractivity contribution in [1.82, 2.24) is 0 Å². The first kappa shape index (κ1) is 15.3. The molecule has 0 aliphatic heterocycles. The average molecular weight is 283 g/mol. The maximum Gasteiger partial charge on any atom is 0.165 e. The molecule has 3 heteroatoms. The fourth-order valence-corrected chi connectivity index (χ4v) is 2.44. The molecule has 0 aliphatic rings. The van der Waals surface area contributed by atoms with Crippen LogP contribution in [0, 0.1) is 13.8 Å². The molecule has 0 fully saturated rings. The number of rotatable bonds is 5. The van der Waals surface area contributed by atoms with Crippen molar-refractivity contribution in [3.05, 3.63) is 64.7 Å². The van der Waals surface area contributed by atoms with E-state index in [4.69, 9.17) is 10.5 Å². The average Bonchev–Trinajstić information content (AvgIpc) is 2.49. The molecule has 2 rings (SSSR count). The van der Waals surface area contributed by atoms with E-state index >= 15 is 0 Å². The van der Waals surface area contributed by atoms with Crippen molar-refractivity contribution in [2.24, 2.45) is 5.73 Å². The predicted molar refractivity (Wildman–Crippen MR) is 84.8 cm³/mol. The zero-order chi connectivity index (χ0) is 15.4. The van der Waals surface area contributed by atoms with E-state index in [0.717, 1.165) is 28.0 Å². The third-order valence-corrected chi connectivity index (χ3v) is 3.68. The molecule has 21 heavy (non-hydrogen) atoms. The molecule has 0 heterocycles. The fraction of sp³-hybridized carbons (Fsp3) is 0.278. The lowest BCUT2D eigenvalue weighted by Gasteiger charge is -2.14. The molecule has 0 amide bonds. The highest BCUT2D eigenvalue weighted by Gasteiger charge is 2.16. The Bertz CT molecular complexity index is 635. The van der Waals surface area contributed by atoms with Gasteiger partial charge in [-0.2, -0.15) is 0 Å². The van der Waals surface area contributed by atoms with Crippen LogP contribution in [0.4, 0.5) is 0 Å². The Morgan fingerprint density at radius 3 is 2.43 bits per heavy atom. The van der Waals surface area contributed by atoms with Crippen LogP contribution in [0.1, 0.15) is 39.5 Å².